The Balaban J connectivity index is 2.01. The van der Waals surface area contributed by atoms with Crippen molar-refractivity contribution in [3.63, 3.8) is 0 Å². The average molecular weight is 324 g/mol. The zero-order chi connectivity index (χ0) is 15.4. The van der Waals surface area contributed by atoms with Crippen molar-refractivity contribution in [3.8, 4) is 0 Å². The number of ether oxygens (including phenoxy) is 1. The van der Waals surface area contributed by atoms with Crippen LogP contribution in [0.25, 0.3) is 0 Å². The topological polar surface area (TPSA) is 68.3 Å². The van der Waals surface area contributed by atoms with Gasteiger partial charge in [0.15, 0.2) is 0 Å². The van der Waals surface area contributed by atoms with E-state index in [-0.39, 0.29) is 18.3 Å². The predicted molar refractivity (Wildman–Crippen MR) is 84.2 cm³/mol. The summed E-state index contributed by atoms with van der Waals surface area (Å²) in [6.07, 6.45) is 1.11. The number of rotatable bonds is 5. The average Bonchev–Trinajstić information content (AvgIpc) is 3.04. The van der Waals surface area contributed by atoms with Gasteiger partial charge in [-0.25, -0.2) is 9.78 Å². The molecule has 1 amide bonds. The Bertz CT molecular complexity index is 661. The SMILES string of the molecule is CCc1nc(CC(=O)Nc2cc(C)c(C(=O)OC)s2)cs1. The Hall–Kier alpha value is -1.73. The second-order valence-corrected chi connectivity index (χ2v) is 6.42. The maximum Gasteiger partial charge on any atom is 0.348 e. The lowest BCUT2D eigenvalue weighted by atomic mass is 10.3. The Kier molecular flexibility index (Phi) is 5.08. The lowest BCUT2D eigenvalue weighted by molar-refractivity contribution is -0.115. The van der Waals surface area contributed by atoms with E-state index in [1.165, 1.54) is 18.4 Å². The van der Waals surface area contributed by atoms with Gasteiger partial charge in [0.05, 0.1) is 29.2 Å². The molecule has 0 saturated carbocycles. The summed E-state index contributed by atoms with van der Waals surface area (Å²) in [5.74, 6) is -0.522. The number of thiophene rings is 1. The number of amides is 1. The van der Waals surface area contributed by atoms with Crippen LogP contribution in [0.3, 0.4) is 0 Å². The highest BCUT2D eigenvalue weighted by Crippen LogP contribution is 2.27. The first kappa shape index (κ1) is 15.7. The van der Waals surface area contributed by atoms with Crippen LogP contribution in [0.2, 0.25) is 0 Å². The molecule has 7 heteroatoms. The molecule has 0 radical (unpaired) electrons. The van der Waals surface area contributed by atoms with Gasteiger partial charge >= 0.3 is 5.97 Å². The van der Waals surface area contributed by atoms with Crippen LogP contribution in [0.15, 0.2) is 11.4 Å². The number of hydrogen-bond acceptors (Lipinski definition) is 6. The molecule has 0 atom stereocenters. The number of aryl methyl sites for hydroxylation is 2. The maximum atomic E-state index is 12.0. The Morgan fingerprint density at radius 3 is 2.81 bits per heavy atom. The van der Waals surface area contributed by atoms with Crippen LogP contribution >= 0.6 is 22.7 Å². The van der Waals surface area contributed by atoms with Crippen molar-refractivity contribution < 1.29 is 14.3 Å². The summed E-state index contributed by atoms with van der Waals surface area (Å²) in [5.41, 5.74) is 1.57. The zero-order valence-electron chi connectivity index (χ0n) is 12.1. The summed E-state index contributed by atoms with van der Waals surface area (Å²) < 4.78 is 4.70. The van der Waals surface area contributed by atoms with E-state index in [2.05, 4.69) is 10.3 Å². The van der Waals surface area contributed by atoms with Gasteiger partial charge in [0.2, 0.25) is 5.91 Å². The van der Waals surface area contributed by atoms with E-state index in [4.69, 9.17) is 4.74 Å². The van der Waals surface area contributed by atoms with E-state index in [0.29, 0.717) is 9.88 Å². The molecule has 2 aromatic rings. The van der Waals surface area contributed by atoms with Crippen LogP contribution in [0.4, 0.5) is 5.00 Å². The Morgan fingerprint density at radius 1 is 1.43 bits per heavy atom. The normalized spacial score (nSPS) is 10.4. The van der Waals surface area contributed by atoms with Crippen molar-refractivity contribution in [2.75, 3.05) is 12.4 Å². The highest BCUT2D eigenvalue weighted by molar-refractivity contribution is 7.18. The minimum absolute atomic E-state index is 0.138. The monoisotopic (exact) mass is 324 g/mol. The van der Waals surface area contributed by atoms with Gasteiger partial charge in [0.1, 0.15) is 4.88 Å². The number of nitrogens with one attached hydrogen (secondary N) is 1. The maximum absolute atomic E-state index is 12.0. The van der Waals surface area contributed by atoms with Crippen LogP contribution in [0.1, 0.15) is 32.9 Å². The number of carbonyl (C=O) groups is 2. The first-order valence-corrected chi connectivity index (χ1v) is 8.15. The van der Waals surface area contributed by atoms with Gasteiger partial charge in [0.25, 0.3) is 0 Å². The molecule has 2 heterocycles. The predicted octanol–water partition coefficient (Wildman–Crippen LogP) is 3.04. The third kappa shape index (κ3) is 3.89. The molecule has 0 spiro atoms. The number of thiazole rings is 1. The third-order valence-electron chi connectivity index (χ3n) is 2.79. The fourth-order valence-corrected chi connectivity index (χ4v) is 3.53. The highest BCUT2D eigenvalue weighted by atomic mass is 32.1. The summed E-state index contributed by atoms with van der Waals surface area (Å²) >= 11 is 2.78. The smallest absolute Gasteiger partial charge is 0.348 e. The van der Waals surface area contributed by atoms with E-state index in [1.807, 2.05) is 19.2 Å². The molecule has 0 aliphatic heterocycles. The summed E-state index contributed by atoms with van der Waals surface area (Å²) in [6.45, 7) is 3.85. The second-order valence-electron chi connectivity index (χ2n) is 4.43. The van der Waals surface area contributed by atoms with Crippen molar-refractivity contribution in [1.29, 1.82) is 0 Å². The number of anilines is 1. The fourth-order valence-electron chi connectivity index (χ4n) is 1.78. The molecule has 5 nitrogen and oxygen atoms in total. The van der Waals surface area contributed by atoms with E-state index < -0.39 is 0 Å². The molecule has 2 aromatic heterocycles. The minimum atomic E-state index is -0.384. The Labute approximate surface area is 131 Å². The number of carbonyl (C=O) groups excluding carboxylic acids is 2. The van der Waals surface area contributed by atoms with E-state index in [9.17, 15) is 9.59 Å². The van der Waals surface area contributed by atoms with Crippen molar-refractivity contribution in [2.24, 2.45) is 0 Å². The van der Waals surface area contributed by atoms with Gasteiger partial charge in [-0.2, -0.15) is 0 Å². The Morgan fingerprint density at radius 2 is 2.19 bits per heavy atom. The lowest BCUT2D eigenvalue weighted by Crippen LogP contribution is -2.13. The highest BCUT2D eigenvalue weighted by Gasteiger charge is 2.15. The minimum Gasteiger partial charge on any atom is -0.465 e. The molecule has 0 aliphatic rings. The molecule has 0 aromatic carbocycles. The second kappa shape index (κ2) is 6.82. The molecule has 2 rings (SSSR count). The van der Waals surface area contributed by atoms with E-state index in [1.54, 1.807) is 17.4 Å². The third-order valence-corrected chi connectivity index (χ3v) is 4.97. The molecule has 0 unspecified atom stereocenters. The fraction of sp³-hybridized carbons (Fsp3) is 0.357. The zero-order valence-corrected chi connectivity index (χ0v) is 13.7. The van der Waals surface area contributed by atoms with Crippen molar-refractivity contribution >= 4 is 39.6 Å². The van der Waals surface area contributed by atoms with Gasteiger partial charge in [-0.1, -0.05) is 6.92 Å². The number of aromatic nitrogens is 1. The van der Waals surface area contributed by atoms with Crippen LogP contribution in [0.5, 0.6) is 0 Å². The molecular formula is C14H16N2O3S2. The summed E-state index contributed by atoms with van der Waals surface area (Å²) in [7, 11) is 1.34. The van der Waals surface area contributed by atoms with Crippen molar-refractivity contribution in [1.82, 2.24) is 4.98 Å². The molecule has 1 N–H and O–H groups in total. The first-order valence-electron chi connectivity index (χ1n) is 6.45. The van der Waals surface area contributed by atoms with Crippen LogP contribution in [-0.2, 0) is 22.4 Å². The summed E-state index contributed by atoms with van der Waals surface area (Å²) in [5, 5.41) is 6.36. The summed E-state index contributed by atoms with van der Waals surface area (Å²) in [6, 6.07) is 1.77. The number of methoxy groups -OCH3 is 1. The van der Waals surface area contributed by atoms with Gasteiger partial charge < -0.3 is 10.1 Å². The van der Waals surface area contributed by atoms with Crippen LogP contribution in [0, 0.1) is 6.92 Å². The molecule has 112 valence electrons. The van der Waals surface area contributed by atoms with Crippen molar-refractivity contribution in [2.45, 2.75) is 26.7 Å². The number of hydrogen-bond donors (Lipinski definition) is 1. The molecule has 0 saturated heterocycles. The van der Waals surface area contributed by atoms with Gasteiger partial charge in [-0.05, 0) is 25.0 Å². The molecule has 0 aliphatic carbocycles. The molecule has 0 bridgehead atoms. The van der Waals surface area contributed by atoms with E-state index in [0.717, 1.165) is 22.7 Å². The first-order chi connectivity index (χ1) is 10.0. The lowest BCUT2D eigenvalue weighted by Gasteiger charge is -2.00. The van der Waals surface area contributed by atoms with Gasteiger partial charge in [-0.3, -0.25) is 4.79 Å². The standard InChI is InChI=1S/C14H16N2O3S2/c1-4-11-15-9(7-20-11)6-10(17)16-12-5-8(2)13(21-12)14(18)19-3/h5,7H,4,6H2,1-3H3,(H,16,17). The largest absolute Gasteiger partial charge is 0.465 e. The van der Waals surface area contributed by atoms with Crippen LogP contribution < -0.4 is 5.32 Å². The summed E-state index contributed by atoms with van der Waals surface area (Å²) in [4.78, 5) is 28.4. The molecule has 0 fully saturated rings. The van der Waals surface area contributed by atoms with Gasteiger partial charge in [0, 0.05) is 5.38 Å². The van der Waals surface area contributed by atoms with Crippen LogP contribution in [-0.4, -0.2) is 24.0 Å². The van der Waals surface area contributed by atoms with Crippen molar-refractivity contribution in [3.05, 3.63) is 32.6 Å². The van der Waals surface area contributed by atoms with Gasteiger partial charge in [-0.15, -0.1) is 22.7 Å². The molecular weight excluding hydrogens is 308 g/mol. The number of nitrogens with zero attached hydrogens (tertiary/aromatic N) is 1. The number of esters is 1. The van der Waals surface area contributed by atoms with E-state index >= 15 is 0 Å². The quantitative estimate of drug-likeness (QED) is 0.858. The molecule has 21 heavy (non-hydrogen) atoms.